The fraction of sp³-hybridized carbons (Fsp3) is 0. The van der Waals surface area contributed by atoms with Gasteiger partial charge in [-0.1, -0.05) is 97.1 Å². The van der Waals surface area contributed by atoms with Gasteiger partial charge in [-0.05, 0) is 53.9 Å². The average Bonchev–Trinajstić information content (AvgIpc) is 3.57. The maximum Gasteiger partial charge on any atom is 0.0703 e. The summed E-state index contributed by atoms with van der Waals surface area (Å²) in [4.78, 5) is 4.87. The van der Waals surface area contributed by atoms with Crippen LogP contribution in [0.25, 0.3) is 77.0 Å². The second kappa shape index (κ2) is 8.92. The largest absolute Gasteiger partial charge is 0.309 e. The second-order valence-corrected chi connectivity index (χ2v) is 10.9. The highest BCUT2D eigenvalue weighted by atomic mass is 15.0. The van der Waals surface area contributed by atoms with Crippen LogP contribution in [-0.2, 0) is 0 Å². The topological polar surface area (TPSA) is 22.8 Å². The number of nitrogens with zero attached hydrogens (tertiary/aromatic N) is 3. The van der Waals surface area contributed by atoms with Gasteiger partial charge in [-0.3, -0.25) is 4.98 Å². The van der Waals surface area contributed by atoms with Crippen LogP contribution in [0.2, 0.25) is 0 Å². The third-order valence-electron chi connectivity index (χ3n) is 8.53. The number of para-hydroxylation sites is 3. The van der Waals surface area contributed by atoms with Crippen molar-refractivity contribution in [1.82, 2.24) is 14.1 Å². The third kappa shape index (κ3) is 3.31. The summed E-state index contributed by atoms with van der Waals surface area (Å²) in [5.41, 5.74) is 9.14. The Hall–Kier alpha value is -5.67. The predicted octanol–water partition coefficient (Wildman–Crippen LogP) is 10.1. The van der Waals surface area contributed by atoms with Gasteiger partial charge in [0.2, 0.25) is 0 Å². The Labute approximate surface area is 242 Å². The molecule has 42 heavy (non-hydrogen) atoms. The molecule has 9 aromatic rings. The molecule has 0 amide bonds. The molecule has 0 unspecified atom stereocenters. The number of rotatable bonds is 3. The lowest BCUT2D eigenvalue weighted by atomic mass is 10.0. The summed E-state index contributed by atoms with van der Waals surface area (Å²) in [5, 5.41) is 7.48. The molecule has 3 nitrogen and oxygen atoms in total. The van der Waals surface area contributed by atoms with E-state index in [-0.39, 0.29) is 0 Å². The van der Waals surface area contributed by atoms with Crippen molar-refractivity contribution < 1.29 is 0 Å². The minimum Gasteiger partial charge on any atom is -0.309 e. The van der Waals surface area contributed by atoms with Crippen LogP contribution < -0.4 is 0 Å². The first-order chi connectivity index (χ1) is 20.8. The molecule has 0 saturated carbocycles. The normalized spacial score (nSPS) is 11.8. The van der Waals surface area contributed by atoms with Crippen molar-refractivity contribution >= 4 is 54.4 Å². The molecule has 0 aliphatic rings. The highest BCUT2D eigenvalue weighted by molar-refractivity contribution is 6.22. The lowest BCUT2D eigenvalue weighted by molar-refractivity contribution is 1.14. The van der Waals surface area contributed by atoms with E-state index in [4.69, 9.17) is 4.98 Å². The smallest absolute Gasteiger partial charge is 0.0703 e. The molecule has 6 aromatic carbocycles. The first-order valence-corrected chi connectivity index (χ1v) is 14.3. The SMILES string of the molecule is c1ccc(-c2ccc(-n3c4ccccc4c4cc5c(ccc6c7ccccc7n(-c7ccccc7)c56)cc43)cn2)cc1. The zero-order valence-corrected chi connectivity index (χ0v) is 22.8. The lowest BCUT2D eigenvalue weighted by Gasteiger charge is -2.11. The van der Waals surface area contributed by atoms with E-state index in [1.54, 1.807) is 0 Å². The van der Waals surface area contributed by atoms with E-state index in [1.165, 1.54) is 60.1 Å². The molecule has 0 radical (unpaired) electrons. The fourth-order valence-corrected chi connectivity index (χ4v) is 6.67. The van der Waals surface area contributed by atoms with Gasteiger partial charge >= 0.3 is 0 Å². The number of hydrogen-bond donors (Lipinski definition) is 0. The Balaban J connectivity index is 1.36. The molecule has 0 saturated heterocycles. The van der Waals surface area contributed by atoms with Crippen LogP contribution in [0.4, 0.5) is 0 Å². The summed E-state index contributed by atoms with van der Waals surface area (Å²) >= 11 is 0. The number of aromatic nitrogens is 3. The number of fused-ring (bicyclic) bond motifs is 8. The van der Waals surface area contributed by atoms with E-state index in [9.17, 15) is 0 Å². The van der Waals surface area contributed by atoms with E-state index >= 15 is 0 Å². The van der Waals surface area contributed by atoms with Gasteiger partial charge in [0.25, 0.3) is 0 Å². The molecule has 3 heterocycles. The molecular weight excluding hydrogens is 510 g/mol. The molecule has 0 fully saturated rings. The molecule has 0 spiro atoms. The minimum absolute atomic E-state index is 0.974. The van der Waals surface area contributed by atoms with Gasteiger partial charge in [0.1, 0.15) is 0 Å². The number of hydrogen-bond acceptors (Lipinski definition) is 1. The Morgan fingerprint density at radius 3 is 1.81 bits per heavy atom. The monoisotopic (exact) mass is 535 g/mol. The van der Waals surface area contributed by atoms with Crippen LogP contribution in [-0.4, -0.2) is 14.1 Å². The molecule has 196 valence electrons. The molecule has 0 aliphatic heterocycles. The molecule has 9 rings (SSSR count). The Kier molecular flexibility index (Phi) is 4.90. The number of pyridine rings is 1. The van der Waals surface area contributed by atoms with Crippen LogP contribution >= 0.6 is 0 Å². The van der Waals surface area contributed by atoms with Crippen molar-refractivity contribution in [2.75, 3.05) is 0 Å². The van der Waals surface area contributed by atoms with E-state index in [0.29, 0.717) is 0 Å². The Morgan fingerprint density at radius 1 is 0.405 bits per heavy atom. The van der Waals surface area contributed by atoms with Gasteiger partial charge < -0.3 is 9.13 Å². The van der Waals surface area contributed by atoms with Gasteiger partial charge in [-0.2, -0.15) is 0 Å². The van der Waals surface area contributed by atoms with Crippen molar-refractivity contribution in [2.24, 2.45) is 0 Å². The molecule has 0 N–H and O–H groups in total. The summed E-state index contributed by atoms with van der Waals surface area (Å²) in [6.07, 6.45) is 1.99. The van der Waals surface area contributed by atoms with Gasteiger partial charge in [-0.25, -0.2) is 0 Å². The summed E-state index contributed by atoms with van der Waals surface area (Å²) in [7, 11) is 0. The Morgan fingerprint density at radius 2 is 1.07 bits per heavy atom. The molecule has 0 bridgehead atoms. The summed E-state index contributed by atoms with van der Waals surface area (Å²) in [6.45, 7) is 0. The predicted molar refractivity (Wildman–Crippen MR) is 176 cm³/mol. The van der Waals surface area contributed by atoms with Crippen LogP contribution in [0.1, 0.15) is 0 Å². The molecular formula is C39H25N3. The van der Waals surface area contributed by atoms with Crippen LogP contribution in [0.15, 0.2) is 152 Å². The fourth-order valence-electron chi connectivity index (χ4n) is 6.67. The highest BCUT2D eigenvalue weighted by Gasteiger charge is 2.18. The standard InChI is InChI=1S/C39H25N3/c1-3-11-26(12-4-1)35-22-20-29(25-40-35)41-36-17-9-8-16-31(36)34-24-33-27(23-38(34)41)19-21-32-30-15-7-10-18-37(30)42(39(32)33)28-13-5-2-6-14-28/h1-25H. The minimum atomic E-state index is 0.974. The second-order valence-electron chi connectivity index (χ2n) is 10.9. The van der Waals surface area contributed by atoms with Crippen LogP contribution in [0.5, 0.6) is 0 Å². The van der Waals surface area contributed by atoms with Crippen molar-refractivity contribution in [3.05, 3.63) is 152 Å². The van der Waals surface area contributed by atoms with Gasteiger partial charge in [0, 0.05) is 38.2 Å². The molecule has 3 aromatic heterocycles. The zero-order valence-electron chi connectivity index (χ0n) is 22.8. The van der Waals surface area contributed by atoms with E-state index in [2.05, 4.69) is 149 Å². The van der Waals surface area contributed by atoms with Crippen LogP contribution in [0, 0.1) is 0 Å². The zero-order chi connectivity index (χ0) is 27.6. The summed E-state index contributed by atoms with van der Waals surface area (Å²) in [5.74, 6) is 0. The summed E-state index contributed by atoms with van der Waals surface area (Å²) in [6, 6.07) is 52.1. The number of benzene rings is 6. The first-order valence-electron chi connectivity index (χ1n) is 14.3. The van der Waals surface area contributed by atoms with Gasteiger partial charge in [0.15, 0.2) is 0 Å². The maximum absolute atomic E-state index is 4.87. The molecule has 0 aliphatic carbocycles. The van der Waals surface area contributed by atoms with E-state index in [0.717, 1.165) is 16.9 Å². The van der Waals surface area contributed by atoms with Crippen molar-refractivity contribution in [2.45, 2.75) is 0 Å². The van der Waals surface area contributed by atoms with E-state index < -0.39 is 0 Å². The lowest BCUT2D eigenvalue weighted by Crippen LogP contribution is -1.96. The van der Waals surface area contributed by atoms with Gasteiger partial charge in [0.05, 0.1) is 39.6 Å². The van der Waals surface area contributed by atoms with E-state index in [1.807, 2.05) is 12.3 Å². The Bertz CT molecular complexity index is 2430. The first kappa shape index (κ1) is 23.1. The summed E-state index contributed by atoms with van der Waals surface area (Å²) < 4.78 is 4.77. The van der Waals surface area contributed by atoms with Crippen molar-refractivity contribution in [1.29, 1.82) is 0 Å². The average molecular weight is 536 g/mol. The van der Waals surface area contributed by atoms with Crippen molar-refractivity contribution in [3.63, 3.8) is 0 Å². The quantitative estimate of drug-likeness (QED) is 0.221. The third-order valence-corrected chi connectivity index (χ3v) is 8.53. The highest BCUT2D eigenvalue weighted by Crippen LogP contribution is 2.40. The van der Waals surface area contributed by atoms with Crippen LogP contribution in [0.3, 0.4) is 0 Å². The van der Waals surface area contributed by atoms with Crippen molar-refractivity contribution in [3.8, 4) is 22.6 Å². The maximum atomic E-state index is 4.87. The van der Waals surface area contributed by atoms with Gasteiger partial charge in [-0.15, -0.1) is 0 Å². The molecule has 0 atom stereocenters. The molecule has 3 heteroatoms.